The molecular formula is C17H24N2O5. The van der Waals surface area contributed by atoms with Crippen molar-refractivity contribution in [1.82, 2.24) is 10.2 Å². The standard InChI is InChI=1S/C17H24N2O5/c1-11(20)19-7-5-13(6-8-19)18-17(21)12-9-14(22-2)16(24-4)15(10-12)23-3/h9-10,13H,5-8H2,1-4H3,(H,18,21). The maximum atomic E-state index is 12.5. The van der Waals surface area contributed by atoms with Gasteiger partial charge in [0.2, 0.25) is 11.7 Å². The predicted molar refractivity (Wildman–Crippen MR) is 88.8 cm³/mol. The molecule has 1 aliphatic heterocycles. The molecule has 1 aromatic carbocycles. The lowest BCUT2D eigenvalue weighted by Gasteiger charge is -2.31. The van der Waals surface area contributed by atoms with Gasteiger partial charge in [-0.1, -0.05) is 0 Å². The molecule has 0 atom stereocenters. The van der Waals surface area contributed by atoms with Gasteiger partial charge in [0.1, 0.15) is 0 Å². The second kappa shape index (κ2) is 7.90. The van der Waals surface area contributed by atoms with E-state index in [-0.39, 0.29) is 17.9 Å². The molecule has 0 saturated carbocycles. The second-order valence-corrected chi connectivity index (χ2v) is 5.67. The van der Waals surface area contributed by atoms with Crippen LogP contribution in [0.5, 0.6) is 17.2 Å². The average molecular weight is 336 g/mol. The van der Waals surface area contributed by atoms with E-state index in [1.54, 1.807) is 24.0 Å². The third-order valence-electron chi connectivity index (χ3n) is 4.20. The molecule has 2 amide bonds. The first kappa shape index (κ1) is 17.9. The third kappa shape index (κ3) is 3.90. The minimum Gasteiger partial charge on any atom is -0.493 e. The van der Waals surface area contributed by atoms with Crippen LogP contribution in [0.4, 0.5) is 0 Å². The fourth-order valence-corrected chi connectivity index (χ4v) is 2.82. The summed E-state index contributed by atoms with van der Waals surface area (Å²) >= 11 is 0. The van der Waals surface area contributed by atoms with E-state index in [0.717, 1.165) is 12.8 Å². The largest absolute Gasteiger partial charge is 0.493 e. The number of likely N-dealkylation sites (tertiary alicyclic amines) is 1. The summed E-state index contributed by atoms with van der Waals surface area (Å²) in [6, 6.07) is 3.30. The zero-order valence-corrected chi connectivity index (χ0v) is 14.5. The third-order valence-corrected chi connectivity index (χ3v) is 4.20. The number of benzene rings is 1. The highest BCUT2D eigenvalue weighted by molar-refractivity contribution is 5.95. The van der Waals surface area contributed by atoms with Crippen LogP contribution in [-0.2, 0) is 4.79 Å². The van der Waals surface area contributed by atoms with Gasteiger partial charge in [-0.25, -0.2) is 0 Å². The molecule has 1 N–H and O–H groups in total. The van der Waals surface area contributed by atoms with Crippen molar-refractivity contribution in [1.29, 1.82) is 0 Å². The van der Waals surface area contributed by atoms with Crippen molar-refractivity contribution >= 4 is 11.8 Å². The molecule has 0 radical (unpaired) electrons. The number of nitrogens with one attached hydrogen (secondary N) is 1. The molecule has 24 heavy (non-hydrogen) atoms. The van der Waals surface area contributed by atoms with Gasteiger partial charge in [-0.15, -0.1) is 0 Å². The lowest BCUT2D eigenvalue weighted by molar-refractivity contribution is -0.129. The number of nitrogens with zero attached hydrogens (tertiary/aromatic N) is 1. The number of carbonyl (C=O) groups is 2. The van der Waals surface area contributed by atoms with Crippen molar-refractivity contribution < 1.29 is 23.8 Å². The summed E-state index contributed by atoms with van der Waals surface area (Å²) in [4.78, 5) is 25.7. The summed E-state index contributed by atoms with van der Waals surface area (Å²) in [5.74, 6) is 1.20. The molecule has 0 aromatic heterocycles. The second-order valence-electron chi connectivity index (χ2n) is 5.67. The van der Waals surface area contributed by atoms with Crippen LogP contribution >= 0.6 is 0 Å². The number of hydrogen-bond donors (Lipinski definition) is 1. The monoisotopic (exact) mass is 336 g/mol. The summed E-state index contributed by atoms with van der Waals surface area (Å²) < 4.78 is 15.8. The van der Waals surface area contributed by atoms with Crippen molar-refractivity contribution in [3.05, 3.63) is 17.7 Å². The Balaban J connectivity index is 2.09. The van der Waals surface area contributed by atoms with E-state index < -0.39 is 0 Å². The van der Waals surface area contributed by atoms with Gasteiger partial charge in [0.05, 0.1) is 21.3 Å². The van der Waals surface area contributed by atoms with E-state index in [0.29, 0.717) is 35.9 Å². The van der Waals surface area contributed by atoms with Crippen molar-refractivity contribution in [2.24, 2.45) is 0 Å². The van der Waals surface area contributed by atoms with Gasteiger partial charge in [0.15, 0.2) is 11.5 Å². The Hall–Kier alpha value is -2.44. The van der Waals surface area contributed by atoms with Gasteiger partial charge < -0.3 is 24.4 Å². The lowest BCUT2D eigenvalue weighted by atomic mass is 10.0. The van der Waals surface area contributed by atoms with E-state index in [2.05, 4.69) is 5.32 Å². The molecule has 2 rings (SSSR count). The number of amides is 2. The number of carbonyl (C=O) groups excluding carboxylic acids is 2. The Kier molecular flexibility index (Phi) is 5.89. The minimum absolute atomic E-state index is 0.0483. The molecule has 0 spiro atoms. The van der Waals surface area contributed by atoms with E-state index in [1.165, 1.54) is 21.3 Å². The molecule has 1 aliphatic rings. The highest BCUT2D eigenvalue weighted by atomic mass is 16.5. The van der Waals surface area contributed by atoms with Crippen LogP contribution in [0.3, 0.4) is 0 Å². The Labute approximate surface area is 141 Å². The highest BCUT2D eigenvalue weighted by Crippen LogP contribution is 2.38. The quantitative estimate of drug-likeness (QED) is 0.881. The van der Waals surface area contributed by atoms with Crippen molar-refractivity contribution in [2.45, 2.75) is 25.8 Å². The number of ether oxygens (including phenoxy) is 3. The van der Waals surface area contributed by atoms with Crippen molar-refractivity contribution in [3.63, 3.8) is 0 Å². The Morgan fingerprint density at radius 3 is 2.00 bits per heavy atom. The van der Waals surface area contributed by atoms with Crippen LogP contribution in [-0.4, -0.2) is 57.2 Å². The lowest BCUT2D eigenvalue weighted by Crippen LogP contribution is -2.46. The Morgan fingerprint density at radius 2 is 1.58 bits per heavy atom. The summed E-state index contributed by atoms with van der Waals surface area (Å²) in [7, 11) is 4.54. The van der Waals surface area contributed by atoms with E-state index in [1.807, 2.05) is 0 Å². The first-order valence-electron chi connectivity index (χ1n) is 7.86. The molecule has 0 bridgehead atoms. The summed E-state index contributed by atoms with van der Waals surface area (Å²) in [6.45, 7) is 2.89. The topological polar surface area (TPSA) is 77.1 Å². The van der Waals surface area contributed by atoms with E-state index >= 15 is 0 Å². The first-order valence-corrected chi connectivity index (χ1v) is 7.86. The smallest absolute Gasteiger partial charge is 0.251 e. The van der Waals surface area contributed by atoms with Gasteiger partial charge in [-0.2, -0.15) is 0 Å². The van der Waals surface area contributed by atoms with Crippen LogP contribution in [0.15, 0.2) is 12.1 Å². The average Bonchev–Trinajstić information content (AvgIpc) is 2.60. The minimum atomic E-state index is -0.199. The zero-order chi connectivity index (χ0) is 17.7. The molecule has 7 heteroatoms. The molecule has 1 saturated heterocycles. The maximum Gasteiger partial charge on any atom is 0.251 e. The summed E-state index contributed by atoms with van der Waals surface area (Å²) in [6.07, 6.45) is 1.49. The molecule has 132 valence electrons. The number of hydrogen-bond acceptors (Lipinski definition) is 5. The Bertz CT molecular complexity index is 584. The molecule has 0 aliphatic carbocycles. The van der Waals surface area contributed by atoms with Crippen LogP contribution in [0.2, 0.25) is 0 Å². The van der Waals surface area contributed by atoms with Gasteiger partial charge in [-0.05, 0) is 25.0 Å². The molecule has 1 heterocycles. The van der Waals surface area contributed by atoms with Gasteiger partial charge in [0.25, 0.3) is 5.91 Å². The summed E-state index contributed by atoms with van der Waals surface area (Å²) in [5.41, 5.74) is 0.443. The van der Waals surface area contributed by atoms with Crippen LogP contribution in [0.25, 0.3) is 0 Å². The summed E-state index contributed by atoms with van der Waals surface area (Å²) in [5, 5.41) is 3.01. The fourth-order valence-electron chi connectivity index (χ4n) is 2.82. The molecular weight excluding hydrogens is 312 g/mol. The molecule has 7 nitrogen and oxygen atoms in total. The van der Waals surface area contributed by atoms with Crippen LogP contribution < -0.4 is 19.5 Å². The van der Waals surface area contributed by atoms with Gasteiger partial charge >= 0.3 is 0 Å². The maximum absolute atomic E-state index is 12.5. The van der Waals surface area contributed by atoms with Crippen molar-refractivity contribution in [3.8, 4) is 17.2 Å². The number of piperidine rings is 1. The van der Waals surface area contributed by atoms with E-state index in [4.69, 9.17) is 14.2 Å². The predicted octanol–water partition coefficient (Wildman–Crippen LogP) is 1.45. The fraction of sp³-hybridized carbons (Fsp3) is 0.529. The van der Waals surface area contributed by atoms with E-state index in [9.17, 15) is 9.59 Å². The SMILES string of the molecule is COc1cc(C(=O)NC2CCN(C(C)=O)CC2)cc(OC)c1OC. The number of methoxy groups -OCH3 is 3. The van der Waals surface area contributed by atoms with Crippen molar-refractivity contribution in [2.75, 3.05) is 34.4 Å². The van der Waals surface area contributed by atoms with Gasteiger partial charge in [0, 0.05) is 31.6 Å². The Morgan fingerprint density at radius 1 is 1.04 bits per heavy atom. The highest BCUT2D eigenvalue weighted by Gasteiger charge is 2.23. The van der Waals surface area contributed by atoms with Gasteiger partial charge in [-0.3, -0.25) is 9.59 Å². The van der Waals surface area contributed by atoms with Crippen LogP contribution in [0, 0.1) is 0 Å². The zero-order valence-electron chi connectivity index (χ0n) is 14.5. The van der Waals surface area contributed by atoms with Crippen LogP contribution in [0.1, 0.15) is 30.1 Å². The number of rotatable bonds is 5. The first-order chi connectivity index (χ1) is 11.5. The normalized spacial score (nSPS) is 14.9. The molecule has 1 fully saturated rings. The molecule has 0 unspecified atom stereocenters. The molecule has 1 aromatic rings.